The smallest absolute Gasteiger partial charge is 0.137 e. The van der Waals surface area contributed by atoms with E-state index in [0.29, 0.717) is 30.0 Å². The maximum atomic E-state index is 13.0. The summed E-state index contributed by atoms with van der Waals surface area (Å²) >= 11 is 0. The summed E-state index contributed by atoms with van der Waals surface area (Å²) in [6.07, 6.45) is 2.85. The van der Waals surface area contributed by atoms with E-state index < -0.39 is 0 Å². The highest BCUT2D eigenvalue weighted by Gasteiger charge is 2.34. The van der Waals surface area contributed by atoms with Gasteiger partial charge in [0.15, 0.2) is 0 Å². The monoisotopic (exact) mass is 316 g/mol. The topological polar surface area (TPSA) is 17.1 Å². The molecule has 0 N–H and O–H groups in total. The Balaban J connectivity index is 2.85. The van der Waals surface area contributed by atoms with Gasteiger partial charge in [0.05, 0.1) is 0 Å². The third-order valence-electron chi connectivity index (χ3n) is 4.61. The predicted molar refractivity (Wildman–Crippen MR) is 100 cm³/mol. The third-order valence-corrected chi connectivity index (χ3v) is 4.61. The molecule has 1 aromatic rings. The van der Waals surface area contributed by atoms with Crippen LogP contribution in [-0.2, 0) is 11.2 Å². The molecule has 23 heavy (non-hydrogen) atoms. The predicted octanol–water partition coefficient (Wildman–Crippen LogP) is 6.17. The van der Waals surface area contributed by atoms with Gasteiger partial charge in [-0.1, -0.05) is 78.8 Å². The van der Waals surface area contributed by atoms with Crippen molar-refractivity contribution in [2.75, 3.05) is 0 Å². The van der Waals surface area contributed by atoms with Gasteiger partial charge in [0.1, 0.15) is 5.78 Å². The van der Waals surface area contributed by atoms with Crippen LogP contribution in [0.3, 0.4) is 0 Å². The third kappa shape index (κ3) is 6.89. The number of hydrogen-bond acceptors (Lipinski definition) is 1. The van der Waals surface area contributed by atoms with Gasteiger partial charge in [0, 0.05) is 12.3 Å². The molecule has 0 aliphatic heterocycles. The average Bonchev–Trinajstić information content (AvgIpc) is 2.36. The lowest BCUT2D eigenvalue weighted by atomic mass is 9.70. The summed E-state index contributed by atoms with van der Waals surface area (Å²) in [4.78, 5) is 13.0. The second-order valence-electron chi connectivity index (χ2n) is 8.94. The van der Waals surface area contributed by atoms with Crippen molar-refractivity contribution in [3.05, 3.63) is 35.9 Å². The lowest BCUT2D eigenvalue weighted by Crippen LogP contribution is -2.34. The van der Waals surface area contributed by atoms with E-state index in [9.17, 15) is 4.79 Å². The van der Waals surface area contributed by atoms with Crippen molar-refractivity contribution in [2.45, 2.75) is 67.7 Å². The van der Waals surface area contributed by atoms with Crippen molar-refractivity contribution in [1.82, 2.24) is 0 Å². The Kier molecular flexibility index (Phi) is 7.51. The molecule has 1 aromatic carbocycles. The van der Waals surface area contributed by atoms with Gasteiger partial charge < -0.3 is 0 Å². The van der Waals surface area contributed by atoms with Crippen molar-refractivity contribution in [2.24, 2.45) is 29.1 Å². The van der Waals surface area contributed by atoms with Gasteiger partial charge in [-0.3, -0.25) is 4.79 Å². The molecule has 2 atom stereocenters. The molecule has 0 aromatic heterocycles. The minimum atomic E-state index is 0.0420. The molecule has 1 heteroatoms. The fraction of sp³-hybridized carbons (Fsp3) is 0.682. The molecule has 0 radical (unpaired) electrons. The summed E-state index contributed by atoms with van der Waals surface area (Å²) < 4.78 is 0. The van der Waals surface area contributed by atoms with Gasteiger partial charge in [-0.05, 0) is 41.6 Å². The molecule has 0 fully saturated rings. The van der Waals surface area contributed by atoms with Gasteiger partial charge in [0.2, 0.25) is 0 Å². The van der Waals surface area contributed by atoms with E-state index in [0.717, 1.165) is 12.8 Å². The second kappa shape index (κ2) is 8.66. The zero-order chi connectivity index (χ0) is 17.6. The highest BCUT2D eigenvalue weighted by Crippen LogP contribution is 2.35. The fourth-order valence-corrected chi connectivity index (χ4v) is 4.12. The quantitative estimate of drug-likeness (QED) is 0.560. The first-order chi connectivity index (χ1) is 10.6. The molecule has 0 saturated carbocycles. The number of benzene rings is 1. The summed E-state index contributed by atoms with van der Waals surface area (Å²) in [5.74, 6) is 2.08. The first kappa shape index (κ1) is 19.9. The Labute approximate surface area is 143 Å². The molecule has 1 nitrogen and oxygen atoms in total. The fourth-order valence-electron chi connectivity index (χ4n) is 4.12. The van der Waals surface area contributed by atoms with Crippen LogP contribution in [0.2, 0.25) is 0 Å². The number of carbonyl (C=O) groups excluding carboxylic acids is 1. The van der Waals surface area contributed by atoms with E-state index in [-0.39, 0.29) is 11.3 Å². The van der Waals surface area contributed by atoms with Crippen LogP contribution in [0, 0.1) is 29.1 Å². The minimum absolute atomic E-state index is 0.0420. The molecular weight excluding hydrogens is 280 g/mol. The van der Waals surface area contributed by atoms with Crippen molar-refractivity contribution in [1.29, 1.82) is 0 Å². The van der Waals surface area contributed by atoms with Crippen LogP contribution < -0.4 is 0 Å². The van der Waals surface area contributed by atoms with Gasteiger partial charge in [-0.15, -0.1) is 0 Å². The number of ketones is 1. The summed E-state index contributed by atoms with van der Waals surface area (Å²) in [6, 6.07) is 10.6. The number of Topliss-reactive ketones (excluding diaryl/α,β-unsaturated/α-hetero) is 1. The summed E-state index contributed by atoms with van der Waals surface area (Å²) in [5, 5.41) is 0. The highest BCUT2D eigenvalue weighted by atomic mass is 16.1. The Bertz CT molecular complexity index is 464. The lowest BCUT2D eigenvalue weighted by molar-refractivity contribution is -0.129. The molecular formula is C22H36O. The number of rotatable bonds is 8. The van der Waals surface area contributed by atoms with Crippen LogP contribution in [0.4, 0.5) is 0 Å². The largest absolute Gasteiger partial charge is 0.299 e. The standard InChI is InChI=1S/C22H36O/c1-16(2)13-19(14-18-11-9-8-10-12-18)15-20(23)21(17(3)4)22(5,6)7/h8-12,16-17,19,21H,13-15H2,1-7H3/t19-,21-/m1/s1. The molecule has 0 bridgehead atoms. The maximum Gasteiger partial charge on any atom is 0.137 e. The molecule has 0 unspecified atom stereocenters. The number of carbonyl (C=O) groups is 1. The zero-order valence-corrected chi connectivity index (χ0v) is 16.2. The van der Waals surface area contributed by atoms with E-state index in [1.54, 1.807) is 0 Å². The highest BCUT2D eigenvalue weighted by molar-refractivity contribution is 5.82. The summed E-state index contributed by atoms with van der Waals surface area (Å²) in [6.45, 7) is 15.5. The molecule has 1 rings (SSSR count). The summed E-state index contributed by atoms with van der Waals surface area (Å²) in [5.41, 5.74) is 1.39. The van der Waals surface area contributed by atoms with Gasteiger partial charge in [-0.25, -0.2) is 0 Å². The van der Waals surface area contributed by atoms with E-state index in [4.69, 9.17) is 0 Å². The van der Waals surface area contributed by atoms with Gasteiger partial charge in [0.25, 0.3) is 0 Å². The normalized spacial score (nSPS) is 15.0. The Hall–Kier alpha value is -1.11. The van der Waals surface area contributed by atoms with E-state index >= 15 is 0 Å². The minimum Gasteiger partial charge on any atom is -0.299 e. The van der Waals surface area contributed by atoms with Crippen LogP contribution in [-0.4, -0.2) is 5.78 Å². The van der Waals surface area contributed by atoms with Crippen LogP contribution in [0.15, 0.2) is 30.3 Å². The van der Waals surface area contributed by atoms with Crippen molar-refractivity contribution in [3.8, 4) is 0 Å². The van der Waals surface area contributed by atoms with E-state index in [1.807, 2.05) is 0 Å². The lowest BCUT2D eigenvalue weighted by Gasteiger charge is -2.34. The van der Waals surface area contributed by atoms with Crippen LogP contribution >= 0.6 is 0 Å². The molecule has 0 spiro atoms. The SMILES string of the molecule is CC(C)C[C@@H](CC(=O)[C@@H](C(C)C)C(C)(C)C)Cc1ccccc1. The van der Waals surface area contributed by atoms with Crippen molar-refractivity contribution >= 4 is 5.78 Å². The molecule has 0 aliphatic carbocycles. The second-order valence-corrected chi connectivity index (χ2v) is 8.94. The van der Waals surface area contributed by atoms with Crippen molar-refractivity contribution < 1.29 is 4.79 Å². The van der Waals surface area contributed by atoms with Crippen LogP contribution in [0.1, 0.15) is 66.9 Å². The van der Waals surface area contributed by atoms with Gasteiger partial charge in [-0.2, -0.15) is 0 Å². The molecule has 0 heterocycles. The Morgan fingerprint density at radius 3 is 2.00 bits per heavy atom. The van der Waals surface area contributed by atoms with Crippen LogP contribution in [0.25, 0.3) is 0 Å². The summed E-state index contributed by atoms with van der Waals surface area (Å²) in [7, 11) is 0. The van der Waals surface area contributed by atoms with E-state index in [1.165, 1.54) is 5.56 Å². The first-order valence-corrected chi connectivity index (χ1v) is 9.17. The zero-order valence-electron chi connectivity index (χ0n) is 16.2. The van der Waals surface area contributed by atoms with Crippen molar-refractivity contribution in [3.63, 3.8) is 0 Å². The first-order valence-electron chi connectivity index (χ1n) is 9.17. The molecule has 0 saturated heterocycles. The van der Waals surface area contributed by atoms with Crippen LogP contribution in [0.5, 0.6) is 0 Å². The molecule has 0 aliphatic rings. The average molecular weight is 317 g/mol. The Morgan fingerprint density at radius 1 is 1.00 bits per heavy atom. The van der Waals surface area contributed by atoms with Gasteiger partial charge >= 0.3 is 0 Å². The number of hydrogen-bond donors (Lipinski definition) is 0. The van der Waals surface area contributed by atoms with E-state index in [2.05, 4.69) is 78.8 Å². The molecule has 130 valence electrons. The maximum absolute atomic E-state index is 13.0. The Morgan fingerprint density at radius 2 is 1.57 bits per heavy atom. The molecule has 0 amide bonds.